The van der Waals surface area contributed by atoms with Crippen molar-refractivity contribution in [3.05, 3.63) is 20.2 Å². The van der Waals surface area contributed by atoms with Crippen LogP contribution in [0.1, 0.15) is 33.6 Å². The molecule has 0 aliphatic carbocycles. The normalized spacial score (nSPS) is 13.4. The van der Waals surface area contributed by atoms with Crippen LogP contribution < -0.4 is 5.32 Å². The molecule has 0 aromatic rings. The lowest BCUT2D eigenvalue weighted by Crippen LogP contribution is -2.35. The van der Waals surface area contributed by atoms with Crippen LogP contribution in [0.2, 0.25) is 0 Å². The van der Waals surface area contributed by atoms with Gasteiger partial charge in [-0.3, -0.25) is 4.79 Å². The summed E-state index contributed by atoms with van der Waals surface area (Å²) >= 11 is 0. The Morgan fingerprint density at radius 3 is 2.22 bits per heavy atom. The Hall–Kier alpha value is -3.43. The van der Waals surface area contributed by atoms with Gasteiger partial charge in [-0.2, -0.15) is 0 Å². The van der Waals surface area contributed by atoms with Crippen molar-refractivity contribution in [1.82, 2.24) is 5.32 Å². The highest BCUT2D eigenvalue weighted by Gasteiger charge is 2.20. The Bertz CT molecular complexity index is 643. The summed E-state index contributed by atoms with van der Waals surface area (Å²) in [5.74, 6) is -2.08. The quantitative estimate of drug-likeness (QED) is 0.129. The molecule has 184 valence electrons. The number of hydrogen-bond acceptors (Lipinski definition) is 12. The first-order chi connectivity index (χ1) is 14.9. The van der Waals surface area contributed by atoms with Gasteiger partial charge in [0.05, 0.1) is 6.61 Å². The summed E-state index contributed by atoms with van der Waals surface area (Å²) in [6.07, 6.45) is -3.27. The molecule has 2 N–H and O–H groups in total. The van der Waals surface area contributed by atoms with Crippen molar-refractivity contribution in [2.24, 2.45) is 11.8 Å². The Kier molecular flexibility index (Phi) is 13.7. The smallest absolute Gasteiger partial charge is 0.410 e. The van der Waals surface area contributed by atoms with Crippen LogP contribution >= 0.6 is 0 Å². The second kappa shape index (κ2) is 15.4. The van der Waals surface area contributed by atoms with Crippen LogP contribution in [0.15, 0.2) is 0 Å². The van der Waals surface area contributed by atoms with Crippen LogP contribution in [0.5, 0.6) is 0 Å². The topological polar surface area (TPSA) is 216 Å². The van der Waals surface area contributed by atoms with Gasteiger partial charge in [0.1, 0.15) is 13.2 Å². The number of amides is 1. The molecule has 0 heterocycles. The highest BCUT2D eigenvalue weighted by atomic mass is 17.0. The molecule has 16 nitrogen and oxygen atoms in total. The molecule has 0 saturated heterocycles. The third-order valence-electron chi connectivity index (χ3n) is 3.50. The number of nitrogens with zero attached hydrogens (tertiary/aromatic N) is 2. The second-order valence-electron chi connectivity index (χ2n) is 6.92. The largest absolute Gasteiger partial charge is 0.481 e. The van der Waals surface area contributed by atoms with E-state index in [4.69, 9.17) is 19.3 Å². The van der Waals surface area contributed by atoms with Gasteiger partial charge in [-0.05, 0) is 18.3 Å². The summed E-state index contributed by atoms with van der Waals surface area (Å²) in [5, 5.41) is 29.4. The van der Waals surface area contributed by atoms with Gasteiger partial charge >= 0.3 is 18.0 Å². The van der Waals surface area contributed by atoms with Gasteiger partial charge in [0.2, 0.25) is 6.29 Å². The molecular formula is C16H27N3O13. The fourth-order valence-corrected chi connectivity index (χ4v) is 2.46. The average Bonchev–Trinajstić information content (AvgIpc) is 2.62. The van der Waals surface area contributed by atoms with Gasteiger partial charge < -0.3 is 34.3 Å². The highest BCUT2D eigenvalue weighted by molar-refractivity contribution is 5.71. The molecule has 1 amide bonds. The van der Waals surface area contributed by atoms with E-state index in [9.17, 15) is 34.6 Å². The van der Waals surface area contributed by atoms with E-state index in [2.05, 4.69) is 15.0 Å². The number of alkyl carbamates (subject to hydrolysis) is 1. The molecule has 0 spiro atoms. The lowest BCUT2D eigenvalue weighted by Gasteiger charge is -2.19. The van der Waals surface area contributed by atoms with Crippen LogP contribution in [0.4, 0.5) is 4.79 Å². The summed E-state index contributed by atoms with van der Waals surface area (Å²) in [4.78, 5) is 62.9. The number of rotatable bonds is 17. The van der Waals surface area contributed by atoms with Crippen LogP contribution in [-0.4, -0.2) is 72.1 Å². The molecule has 0 fully saturated rings. The Morgan fingerprint density at radius 1 is 1.03 bits per heavy atom. The fourth-order valence-electron chi connectivity index (χ4n) is 2.46. The van der Waals surface area contributed by atoms with E-state index in [1.165, 1.54) is 6.92 Å². The molecule has 0 radical (unpaired) electrons. The van der Waals surface area contributed by atoms with E-state index in [1.807, 2.05) is 13.8 Å². The maximum Gasteiger partial charge on any atom is 0.410 e. The number of carboxylic acid groups (broad SMARTS) is 1. The zero-order chi connectivity index (χ0) is 24.7. The lowest BCUT2D eigenvalue weighted by atomic mass is 9.94. The molecule has 1 unspecified atom stereocenters. The SMILES string of the molecule is CC(C)C[C@H](CNC(=O)OC(C)OC(=O)COC[C@H](CO[N+](=O)[O-])O[N+](=O)[O-])CC(=O)O. The summed E-state index contributed by atoms with van der Waals surface area (Å²) in [6, 6.07) is 0. The Labute approximate surface area is 182 Å². The van der Waals surface area contributed by atoms with E-state index in [1.54, 1.807) is 0 Å². The number of nitrogens with one attached hydrogen (secondary N) is 1. The van der Waals surface area contributed by atoms with Crippen molar-refractivity contribution >= 4 is 18.0 Å². The van der Waals surface area contributed by atoms with E-state index in [0.717, 1.165) is 0 Å². The molecule has 0 aromatic heterocycles. The van der Waals surface area contributed by atoms with Gasteiger partial charge in [0.25, 0.3) is 10.2 Å². The summed E-state index contributed by atoms with van der Waals surface area (Å²) < 4.78 is 14.4. The molecule has 16 heteroatoms. The van der Waals surface area contributed by atoms with E-state index < -0.39 is 60.4 Å². The number of aliphatic carboxylic acids is 1. The third kappa shape index (κ3) is 16.4. The minimum Gasteiger partial charge on any atom is -0.481 e. The molecule has 0 rings (SSSR count). The average molecular weight is 469 g/mol. The van der Waals surface area contributed by atoms with Crippen LogP contribution in [0.25, 0.3) is 0 Å². The van der Waals surface area contributed by atoms with Crippen molar-refractivity contribution < 1.29 is 53.5 Å². The molecule has 0 aliphatic heterocycles. The first-order valence-corrected chi connectivity index (χ1v) is 9.41. The summed E-state index contributed by atoms with van der Waals surface area (Å²) in [7, 11) is 0. The highest BCUT2D eigenvalue weighted by Crippen LogP contribution is 2.14. The van der Waals surface area contributed by atoms with Crippen molar-refractivity contribution in [3.8, 4) is 0 Å². The molecule has 0 aliphatic rings. The predicted molar refractivity (Wildman–Crippen MR) is 101 cm³/mol. The first kappa shape index (κ1) is 28.6. The fraction of sp³-hybridized carbons (Fsp3) is 0.812. The van der Waals surface area contributed by atoms with E-state index in [-0.39, 0.29) is 24.8 Å². The first-order valence-electron chi connectivity index (χ1n) is 9.41. The molecule has 3 atom stereocenters. The minimum absolute atomic E-state index is 0.0527. The maximum absolute atomic E-state index is 11.8. The molecule has 0 saturated carbocycles. The zero-order valence-electron chi connectivity index (χ0n) is 17.8. The standard InChI is InChI=1S/C16H27N3O13/c1-10(2)4-12(5-14(20)21)6-17-16(23)31-11(3)30-15(22)9-28-7-13(32-19(26)27)8-29-18(24)25/h10-13H,4-9H2,1-3H3,(H,17,23)(H,20,21)/t11?,12-,13+/m0/s1. The van der Waals surface area contributed by atoms with Crippen LogP contribution in [0, 0.1) is 32.1 Å². The monoisotopic (exact) mass is 469 g/mol. The van der Waals surface area contributed by atoms with Gasteiger partial charge in [-0.15, -0.1) is 20.2 Å². The van der Waals surface area contributed by atoms with Gasteiger partial charge in [0, 0.05) is 19.9 Å². The summed E-state index contributed by atoms with van der Waals surface area (Å²) in [5.41, 5.74) is 0. The number of hydrogen-bond donors (Lipinski definition) is 2. The van der Waals surface area contributed by atoms with Gasteiger partial charge in [-0.25, -0.2) is 9.59 Å². The molecule has 0 aromatic carbocycles. The molecular weight excluding hydrogens is 442 g/mol. The molecule has 0 bridgehead atoms. The second-order valence-corrected chi connectivity index (χ2v) is 6.92. The number of ether oxygens (including phenoxy) is 3. The number of carbonyl (C=O) groups is 3. The summed E-state index contributed by atoms with van der Waals surface area (Å²) in [6.45, 7) is 3.00. The predicted octanol–water partition coefficient (Wildman–Crippen LogP) is 0.541. The van der Waals surface area contributed by atoms with Crippen molar-refractivity contribution in [2.45, 2.75) is 46.0 Å². The molecule has 32 heavy (non-hydrogen) atoms. The minimum atomic E-state index is -1.47. The van der Waals surface area contributed by atoms with Crippen LogP contribution in [0.3, 0.4) is 0 Å². The Morgan fingerprint density at radius 2 is 1.69 bits per heavy atom. The Balaban J connectivity index is 4.31. The lowest BCUT2D eigenvalue weighted by molar-refractivity contribution is -0.790. The van der Waals surface area contributed by atoms with Gasteiger partial charge in [-0.1, -0.05) is 13.8 Å². The van der Waals surface area contributed by atoms with Crippen LogP contribution in [-0.2, 0) is 33.5 Å². The number of carbonyl (C=O) groups excluding carboxylic acids is 2. The van der Waals surface area contributed by atoms with Crippen molar-refractivity contribution in [3.63, 3.8) is 0 Å². The van der Waals surface area contributed by atoms with Gasteiger partial charge in [0.15, 0.2) is 6.10 Å². The van der Waals surface area contributed by atoms with E-state index in [0.29, 0.717) is 6.42 Å². The zero-order valence-corrected chi connectivity index (χ0v) is 17.8. The van der Waals surface area contributed by atoms with Crippen molar-refractivity contribution in [1.29, 1.82) is 0 Å². The number of esters is 1. The van der Waals surface area contributed by atoms with Crippen molar-refractivity contribution in [2.75, 3.05) is 26.4 Å². The van der Waals surface area contributed by atoms with E-state index >= 15 is 0 Å². The maximum atomic E-state index is 11.8. The third-order valence-corrected chi connectivity index (χ3v) is 3.50. The number of carboxylic acids is 1.